The predicted octanol–water partition coefficient (Wildman–Crippen LogP) is 4.51. The summed E-state index contributed by atoms with van der Waals surface area (Å²) in [5.41, 5.74) is 5.35. The Bertz CT molecular complexity index is 1680. The number of hydrogen-bond donors (Lipinski definition) is 2. The molecule has 3 heterocycles. The normalized spacial score (nSPS) is 20.9. The number of carbonyl (C=O) groups excluding carboxylic acids is 3. The average Bonchev–Trinajstić information content (AvgIpc) is 3.29. The molecule has 1 saturated heterocycles. The van der Waals surface area contributed by atoms with E-state index in [1.54, 1.807) is 17.3 Å². The van der Waals surface area contributed by atoms with Crippen molar-refractivity contribution in [2.45, 2.75) is 71.9 Å². The van der Waals surface area contributed by atoms with Crippen LogP contribution in [0.2, 0.25) is 0 Å². The van der Waals surface area contributed by atoms with Gasteiger partial charge in [0.2, 0.25) is 11.8 Å². The van der Waals surface area contributed by atoms with Gasteiger partial charge in [0.05, 0.1) is 11.9 Å². The first-order valence-electron chi connectivity index (χ1n) is 14.6. The second-order valence-corrected chi connectivity index (χ2v) is 12.1. The standard InChI is InChI=1S/C33H36N6O3/c1-19-13-24(23-17-35-21(3)36-18-23)25(29-30(19)37-38-31(29)20(2)40)14-28(41)39-26(15-33(4)16-27(33)39)32(42)34-12-8-11-22-9-6-5-7-10-22/h5-7,9-10,13,17-18,26-27H,8,11-12,14-16H2,1-4H3,(H,34,42)(H,37,38)/t26-,27+,33-/m0/s1. The molecule has 216 valence electrons. The fourth-order valence-electron chi connectivity index (χ4n) is 6.52. The predicted molar refractivity (Wildman–Crippen MR) is 160 cm³/mol. The van der Waals surface area contributed by atoms with Gasteiger partial charge in [-0.15, -0.1) is 0 Å². The van der Waals surface area contributed by atoms with Crippen molar-refractivity contribution >= 4 is 28.5 Å². The van der Waals surface area contributed by atoms with Gasteiger partial charge >= 0.3 is 0 Å². The Balaban J connectivity index is 1.28. The van der Waals surface area contributed by atoms with Gasteiger partial charge in [-0.1, -0.05) is 37.3 Å². The summed E-state index contributed by atoms with van der Waals surface area (Å²) in [6.07, 6.45) is 6.77. The number of carbonyl (C=O) groups is 3. The number of aryl methyl sites for hydroxylation is 3. The molecule has 2 aromatic carbocycles. The number of amides is 2. The van der Waals surface area contributed by atoms with Crippen LogP contribution in [0.4, 0.5) is 0 Å². The van der Waals surface area contributed by atoms with E-state index in [1.165, 1.54) is 12.5 Å². The number of aromatic amines is 1. The molecule has 1 aliphatic carbocycles. The third-order valence-electron chi connectivity index (χ3n) is 8.91. The molecule has 2 amide bonds. The van der Waals surface area contributed by atoms with Gasteiger partial charge in [0.25, 0.3) is 0 Å². The van der Waals surface area contributed by atoms with E-state index in [9.17, 15) is 14.4 Å². The Morgan fingerprint density at radius 1 is 1.10 bits per heavy atom. The van der Waals surface area contributed by atoms with Crippen LogP contribution in [0.25, 0.3) is 22.0 Å². The van der Waals surface area contributed by atoms with Gasteiger partial charge in [-0.2, -0.15) is 5.10 Å². The number of Topliss-reactive ketones (excluding diaryl/α,β-unsaturated/α-hetero) is 1. The molecule has 2 N–H and O–H groups in total. The highest BCUT2D eigenvalue weighted by Crippen LogP contribution is 2.59. The van der Waals surface area contributed by atoms with Crippen LogP contribution in [0, 0.1) is 19.3 Å². The number of hydrogen-bond acceptors (Lipinski definition) is 6. The van der Waals surface area contributed by atoms with Crippen molar-refractivity contribution in [1.82, 2.24) is 30.4 Å². The number of nitrogens with one attached hydrogen (secondary N) is 2. The summed E-state index contributed by atoms with van der Waals surface area (Å²) in [4.78, 5) is 50.8. The maximum atomic E-state index is 14.2. The molecule has 42 heavy (non-hydrogen) atoms. The van der Waals surface area contributed by atoms with Gasteiger partial charge in [0.1, 0.15) is 17.6 Å². The molecular weight excluding hydrogens is 528 g/mol. The molecule has 0 bridgehead atoms. The number of aromatic nitrogens is 4. The number of rotatable bonds is 9. The lowest BCUT2D eigenvalue weighted by Crippen LogP contribution is -2.48. The number of nitrogens with zero attached hydrogens (tertiary/aromatic N) is 4. The van der Waals surface area contributed by atoms with Crippen LogP contribution in [0.15, 0.2) is 48.8 Å². The highest BCUT2D eigenvalue weighted by molar-refractivity contribution is 6.09. The summed E-state index contributed by atoms with van der Waals surface area (Å²) in [5.74, 6) is 0.260. The smallest absolute Gasteiger partial charge is 0.242 e. The number of H-pyrrole nitrogens is 1. The summed E-state index contributed by atoms with van der Waals surface area (Å²) in [6, 6.07) is 11.7. The summed E-state index contributed by atoms with van der Waals surface area (Å²) in [7, 11) is 0. The lowest BCUT2D eigenvalue weighted by atomic mass is 9.91. The lowest BCUT2D eigenvalue weighted by molar-refractivity contribution is -0.139. The highest BCUT2D eigenvalue weighted by atomic mass is 16.2. The van der Waals surface area contributed by atoms with Gasteiger partial charge < -0.3 is 10.2 Å². The van der Waals surface area contributed by atoms with Crippen LogP contribution in [-0.2, 0) is 22.4 Å². The lowest BCUT2D eigenvalue weighted by Gasteiger charge is -2.27. The van der Waals surface area contributed by atoms with Gasteiger partial charge in [-0.3, -0.25) is 19.5 Å². The minimum Gasteiger partial charge on any atom is -0.354 e. The van der Waals surface area contributed by atoms with E-state index in [1.807, 2.05) is 38.1 Å². The molecule has 4 aromatic rings. The summed E-state index contributed by atoms with van der Waals surface area (Å²) in [5, 5.41) is 11.1. The quantitative estimate of drug-likeness (QED) is 0.228. The SMILES string of the molecule is CC(=O)c1[nH]nc2c(C)cc(-c3cnc(C)nc3)c(CC(=O)N3[C@H](C(=O)NCCCc4ccccc4)C[C@@]4(C)C[C@@H]34)c12. The highest BCUT2D eigenvalue weighted by Gasteiger charge is 2.64. The van der Waals surface area contributed by atoms with E-state index >= 15 is 0 Å². The molecule has 0 unspecified atom stereocenters. The first-order valence-corrected chi connectivity index (χ1v) is 14.6. The fourth-order valence-corrected chi connectivity index (χ4v) is 6.52. The van der Waals surface area contributed by atoms with E-state index in [0.717, 1.165) is 36.0 Å². The Hall–Kier alpha value is -4.40. The maximum Gasteiger partial charge on any atom is 0.242 e. The van der Waals surface area contributed by atoms with Crippen LogP contribution in [-0.4, -0.2) is 61.3 Å². The van der Waals surface area contributed by atoms with E-state index < -0.39 is 6.04 Å². The molecule has 9 nitrogen and oxygen atoms in total. The van der Waals surface area contributed by atoms with Crippen LogP contribution in [0.3, 0.4) is 0 Å². The fraction of sp³-hybridized carbons (Fsp3) is 0.394. The number of benzene rings is 2. The Kier molecular flexibility index (Phi) is 7.12. The molecule has 0 radical (unpaired) electrons. The van der Waals surface area contributed by atoms with Gasteiger partial charge in [0.15, 0.2) is 5.78 Å². The molecule has 1 aliphatic heterocycles. The molecule has 0 spiro atoms. The van der Waals surface area contributed by atoms with Gasteiger partial charge in [-0.25, -0.2) is 9.97 Å². The number of fused-ring (bicyclic) bond motifs is 2. The van der Waals surface area contributed by atoms with Crippen LogP contribution < -0.4 is 5.32 Å². The zero-order valence-electron chi connectivity index (χ0n) is 24.5. The third-order valence-corrected chi connectivity index (χ3v) is 8.91. The van der Waals surface area contributed by atoms with Crippen LogP contribution in [0.5, 0.6) is 0 Å². The Morgan fingerprint density at radius 3 is 2.55 bits per heavy atom. The zero-order valence-corrected chi connectivity index (χ0v) is 24.5. The third kappa shape index (κ3) is 5.08. The molecule has 9 heteroatoms. The largest absolute Gasteiger partial charge is 0.354 e. The first kappa shape index (κ1) is 27.8. The molecule has 2 aromatic heterocycles. The van der Waals surface area contributed by atoms with Crippen molar-refractivity contribution in [3.8, 4) is 11.1 Å². The van der Waals surface area contributed by atoms with Crippen molar-refractivity contribution < 1.29 is 14.4 Å². The minimum atomic E-state index is -0.512. The number of ketones is 1. The Morgan fingerprint density at radius 2 is 1.83 bits per heavy atom. The second kappa shape index (κ2) is 10.8. The van der Waals surface area contributed by atoms with Crippen LogP contribution in [0.1, 0.15) is 66.1 Å². The van der Waals surface area contributed by atoms with E-state index in [2.05, 4.69) is 44.5 Å². The average molecular weight is 565 g/mol. The Labute approximate surface area is 245 Å². The van der Waals surface area contributed by atoms with Crippen molar-refractivity contribution in [3.05, 3.63) is 77.0 Å². The molecule has 1 saturated carbocycles. The molecule has 6 rings (SSSR count). The van der Waals surface area contributed by atoms with Crippen molar-refractivity contribution in [1.29, 1.82) is 0 Å². The summed E-state index contributed by atoms with van der Waals surface area (Å²) < 4.78 is 0. The van der Waals surface area contributed by atoms with E-state index in [0.29, 0.717) is 41.0 Å². The van der Waals surface area contributed by atoms with E-state index in [4.69, 9.17) is 0 Å². The molecule has 3 atom stereocenters. The minimum absolute atomic E-state index is 0.0319. The molecular formula is C33H36N6O3. The summed E-state index contributed by atoms with van der Waals surface area (Å²) >= 11 is 0. The van der Waals surface area contributed by atoms with E-state index in [-0.39, 0.29) is 35.5 Å². The molecule has 2 aliphatic rings. The van der Waals surface area contributed by atoms with Crippen molar-refractivity contribution in [3.63, 3.8) is 0 Å². The first-order chi connectivity index (χ1) is 20.2. The van der Waals surface area contributed by atoms with Crippen molar-refractivity contribution in [2.24, 2.45) is 5.41 Å². The monoisotopic (exact) mass is 564 g/mol. The topological polar surface area (TPSA) is 121 Å². The van der Waals surface area contributed by atoms with Gasteiger partial charge in [0, 0.05) is 42.9 Å². The van der Waals surface area contributed by atoms with Crippen LogP contribution >= 0.6 is 0 Å². The zero-order chi connectivity index (χ0) is 29.6. The molecule has 2 fully saturated rings. The number of likely N-dealkylation sites (tertiary alicyclic amines) is 1. The number of piperidine rings is 1. The van der Waals surface area contributed by atoms with Gasteiger partial charge in [-0.05, 0) is 73.3 Å². The maximum absolute atomic E-state index is 14.2. The van der Waals surface area contributed by atoms with Crippen molar-refractivity contribution in [2.75, 3.05) is 6.54 Å². The second-order valence-electron chi connectivity index (χ2n) is 12.1. The summed E-state index contributed by atoms with van der Waals surface area (Å²) in [6.45, 7) is 7.96.